The zero-order chi connectivity index (χ0) is 18.2. The molecule has 0 fully saturated rings. The molecule has 0 saturated heterocycles. The van der Waals surface area contributed by atoms with Gasteiger partial charge >= 0.3 is 5.97 Å². The molecular formula is C16H21N3O4S2. The van der Waals surface area contributed by atoms with Crippen LogP contribution in [0.15, 0.2) is 11.1 Å². The number of nitrogens with zero attached hydrogens (tertiary/aromatic N) is 2. The first-order valence-corrected chi connectivity index (χ1v) is 10.5. The van der Waals surface area contributed by atoms with Gasteiger partial charge in [0.1, 0.15) is 9.90 Å². The van der Waals surface area contributed by atoms with Gasteiger partial charge in [-0.15, -0.1) is 11.3 Å². The number of rotatable bonds is 5. The summed E-state index contributed by atoms with van der Waals surface area (Å²) in [5.74, 6) is -0.470. The fraction of sp³-hybridized carbons (Fsp3) is 0.500. The van der Waals surface area contributed by atoms with Crippen molar-refractivity contribution < 1.29 is 17.9 Å². The maximum atomic E-state index is 12.8. The zero-order valence-electron chi connectivity index (χ0n) is 14.5. The Bertz CT molecular complexity index is 912. The van der Waals surface area contributed by atoms with Gasteiger partial charge in [-0.05, 0) is 45.1 Å². The molecule has 7 nitrogen and oxygen atoms in total. The van der Waals surface area contributed by atoms with Crippen LogP contribution in [-0.4, -0.2) is 30.8 Å². The average molecular weight is 383 g/mol. The third-order valence-electron chi connectivity index (χ3n) is 4.14. The zero-order valence-corrected chi connectivity index (χ0v) is 16.1. The highest BCUT2D eigenvalue weighted by molar-refractivity contribution is 7.93. The quantitative estimate of drug-likeness (QED) is 0.802. The molecule has 1 aliphatic carbocycles. The van der Waals surface area contributed by atoms with Crippen molar-refractivity contribution in [1.82, 2.24) is 9.78 Å². The lowest BCUT2D eigenvalue weighted by Gasteiger charge is -2.12. The number of thiophene rings is 1. The van der Waals surface area contributed by atoms with E-state index >= 15 is 0 Å². The Morgan fingerprint density at radius 2 is 2.12 bits per heavy atom. The van der Waals surface area contributed by atoms with Gasteiger partial charge in [0, 0.05) is 18.1 Å². The molecule has 25 heavy (non-hydrogen) atoms. The van der Waals surface area contributed by atoms with Crippen molar-refractivity contribution in [3.05, 3.63) is 27.9 Å². The molecule has 136 valence electrons. The maximum Gasteiger partial charge on any atom is 0.341 e. The smallest absolute Gasteiger partial charge is 0.341 e. The number of esters is 1. The summed E-state index contributed by atoms with van der Waals surface area (Å²) in [7, 11) is -2.16. The molecule has 0 saturated carbocycles. The fourth-order valence-electron chi connectivity index (χ4n) is 3.08. The second-order valence-corrected chi connectivity index (χ2v) is 8.75. The summed E-state index contributed by atoms with van der Waals surface area (Å²) in [6, 6.07) is 0. The van der Waals surface area contributed by atoms with E-state index in [2.05, 4.69) is 9.82 Å². The van der Waals surface area contributed by atoms with Crippen molar-refractivity contribution >= 4 is 32.3 Å². The van der Waals surface area contributed by atoms with Crippen LogP contribution in [0.25, 0.3) is 0 Å². The SMILES string of the molecule is CCOC(=O)c1c(NS(=O)(=O)c2cn(C)nc2C)sc2c1CCCC2. The van der Waals surface area contributed by atoms with Crippen LogP contribution in [0.5, 0.6) is 0 Å². The summed E-state index contributed by atoms with van der Waals surface area (Å²) in [4.78, 5) is 13.6. The molecule has 9 heteroatoms. The van der Waals surface area contributed by atoms with Crippen LogP contribution in [0.2, 0.25) is 0 Å². The highest BCUT2D eigenvalue weighted by Gasteiger charge is 2.30. The summed E-state index contributed by atoms with van der Waals surface area (Å²) in [6.07, 6.45) is 5.12. The van der Waals surface area contributed by atoms with Crippen LogP contribution in [0, 0.1) is 6.92 Å². The van der Waals surface area contributed by atoms with Crippen LogP contribution in [0.4, 0.5) is 5.00 Å². The lowest BCUT2D eigenvalue weighted by molar-refractivity contribution is 0.0526. The summed E-state index contributed by atoms with van der Waals surface area (Å²) in [5, 5.41) is 4.42. The highest BCUT2D eigenvalue weighted by atomic mass is 32.2. The van der Waals surface area contributed by atoms with Gasteiger partial charge in [0.2, 0.25) is 0 Å². The van der Waals surface area contributed by atoms with E-state index in [1.165, 1.54) is 22.2 Å². The first-order valence-electron chi connectivity index (χ1n) is 8.18. The predicted molar refractivity (Wildman–Crippen MR) is 95.7 cm³/mol. The summed E-state index contributed by atoms with van der Waals surface area (Å²) >= 11 is 1.33. The van der Waals surface area contributed by atoms with Crippen LogP contribution >= 0.6 is 11.3 Å². The second-order valence-electron chi connectivity index (χ2n) is 5.99. The number of anilines is 1. The monoisotopic (exact) mass is 383 g/mol. The lowest BCUT2D eigenvalue weighted by atomic mass is 9.95. The first kappa shape index (κ1) is 17.9. The van der Waals surface area contributed by atoms with E-state index in [-0.39, 0.29) is 11.5 Å². The number of nitrogens with one attached hydrogen (secondary N) is 1. The molecular weight excluding hydrogens is 362 g/mol. The molecule has 0 radical (unpaired) electrons. The minimum atomic E-state index is -3.82. The Morgan fingerprint density at radius 1 is 1.40 bits per heavy atom. The van der Waals surface area contributed by atoms with E-state index in [0.29, 0.717) is 16.3 Å². The van der Waals surface area contributed by atoms with Crippen LogP contribution in [0.3, 0.4) is 0 Å². The van der Waals surface area contributed by atoms with E-state index in [1.807, 2.05) is 0 Å². The van der Waals surface area contributed by atoms with E-state index < -0.39 is 16.0 Å². The van der Waals surface area contributed by atoms with E-state index in [9.17, 15) is 13.2 Å². The molecule has 2 aromatic heterocycles. The molecule has 3 rings (SSSR count). The number of aryl methyl sites for hydroxylation is 3. The molecule has 2 aromatic rings. The van der Waals surface area contributed by atoms with E-state index in [0.717, 1.165) is 36.1 Å². The van der Waals surface area contributed by atoms with Gasteiger partial charge in [-0.3, -0.25) is 9.40 Å². The minimum Gasteiger partial charge on any atom is -0.462 e. The topological polar surface area (TPSA) is 90.3 Å². The Labute approximate surface area is 151 Å². The van der Waals surface area contributed by atoms with Crippen LogP contribution in [-0.2, 0) is 34.6 Å². The Morgan fingerprint density at radius 3 is 2.76 bits per heavy atom. The predicted octanol–water partition coefficient (Wildman–Crippen LogP) is 2.65. The molecule has 1 N–H and O–H groups in total. The number of sulfonamides is 1. The lowest BCUT2D eigenvalue weighted by Crippen LogP contribution is -2.16. The van der Waals surface area contributed by atoms with E-state index in [1.54, 1.807) is 20.9 Å². The molecule has 0 amide bonds. The van der Waals surface area contributed by atoms with Crippen molar-refractivity contribution in [2.45, 2.75) is 44.4 Å². The number of carbonyl (C=O) groups excluding carboxylic acids is 1. The van der Waals surface area contributed by atoms with Gasteiger partial charge < -0.3 is 4.74 Å². The molecule has 1 aliphatic rings. The van der Waals surface area contributed by atoms with Gasteiger partial charge in [0.25, 0.3) is 10.0 Å². The van der Waals surface area contributed by atoms with Crippen molar-refractivity contribution in [2.75, 3.05) is 11.3 Å². The van der Waals surface area contributed by atoms with Gasteiger partial charge in [-0.2, -0.15) is 5.10 Å². The number of hydrogen-bond donors (Lipinski definition) is 1. The number of fused-ring (bicyclic) bond motifs is 1. The van der Waals surface area contributed by atoms with Crippen molar-refractivity contribution in [2.24, 2.45) is 7.05 Å². The number of ether oxygens (including phenoxy) is 1. The third-order valence-corrected chi connectivity index (χ3v) is 6.93. The highest BCUT2D eigenvalue weighted by Crippen LogP contribution is 2.39. The molecule has 0 aliphatic heterocycles. The molecule has 0 aromatic carbocycles. The number of hydrogen-bond acceptors (Lipinski definition) is 6. The molecule has 0 bridgehead atoms. The van der Waals surface area contributed by atoms with Gasteiger partial charge in [0.05, 0.1) is 17.9 Å². The average Bonchev–Trinajstić information content (AvgIpc) is 3.06. The van der Waals surface area contributed by atoms with Gasteiger partial charge in [-0.25, -0.2) is 13.2 Å². The van der Waals surface area contributed by atoms with Crippen LogP contribution < -0.4 is 4.72 Å². The van der Waals surface area contributed by atoms with Crippen molar-refractivity contribution in [3.63, 3.8) is 0 Å². The standard InChI is InChI=1S/C16H21N3O4S2/c1-4-23-16(20)14-11-7-5-6-8-12(11)24-15(14)18-25(21,22)13-9-19(3)17-10(13)2/h9,18H,4-8H2,1-3H3. The minimum absolute atomic E-state index is 0.108. The first-order chi connectivity index (χ1) is 11.8. The molecule has 0 unspecified atom stereocenters. The number of aromatic nitrogens is 2. The Hall–Kier alpha value is -1.87. The van der Waals surface area contributed by atoms with Crippen molar-refractivity contribution in [1.29, 1.82) is 0 Å². The summed E-state index contributed by atoms with van der Waals surface area (Å²) < 4.78 is 34.7. The summed E-state index contributed by atoms with van der Waals surface area (Å²) in [6.45, 7) is 3.62. The fourth-order valence-corrected chi connectivity index (χ4v) is 5.88. The molecule has 0 atom stereocenters. The largest absolute Gasteiger partial charge is 0.462 e. The van der Waals surface area contributed by atoms with Gasteiger partial charge in [-0.1, -0.05) is 0 Å². The van der Waals surface area contributed by atoms with Crippen molar-refractivity contribution in [3.8, 4) is 0 Å². The van der Waals surface area contributed by atoms with Gasteiger partial charge in [0.15, 0.2) is 0 Å². The normalized spacial score (nSPS) is 14.2. The van der Waals surface area contributed by atoms with E-state index in [4.69, 9.17) is 4.74 Å². The summed E-state index contributed by atoms with van der Waals surface area (Å²) in [5.41, 5.74) is 1.70. The van der Waals surface area contributed by atoms with Crippen LogP contribution in [0.1, 0.15) is 46.3 Å². The Kier molecular flexibility index (Phi) is 4.88. The molecule has 0 spiro atoms. The second kappa shape index (κ2) is 6.80. The Balaban J connectivity index is 2.03. The molecule has 2 heterocycles. The third kappa shape index (κ3) is 3.43. The maximum absolute atomic E-state index is 12.8. The number of carbonyl (C=O) groups is 1.